The summed E-state index contributed by atoms with van der Waals surface area (Å²) in [6.45, 7) is 0.933. The first-order chi connectivity index (χ1) is 15.2. The van der Waals surface area contributed by atoms with Crippen LogP contribution in [0.1, 0.15) is 30.6 Å². The van der Waals surface area contributed by atoms with E-state index in [4.69, 9.17) is 0 Å². The lowest BCUT2D eigenvalue weighted by molar-refractivity contribution is 0.343. The fraction of sp³-hybridized carbons (Fsp3) is 0.280. The van der Waals surface area contributed by atoms with Gasteiger partial charge in [-0.3, -0.25) is 0 Å². The Hall–Kier alpha value is -2.12. The molecule has 6 heteroatoms. The summed E-state index contributed by atoms with van der Waals surface area (Å²) in [7, 11) is 0. The van der Waals surface area contributed by atoms with Crippen molar-refractivity contribution >= 4 is 39.0 Å². The van der Waals surface area contributed by atoms with Gasteiger partial charge in [0.15, 0.2) is 0 Å². The molecule has 0 aliphatic heterocycles. The monoisotopic (exact) mass is 466 g/mol. The van der Waals surface area contributed by atoms with E-state index in [1.54, 1.807) is 34.8 Å². The van der Waals surface area contributed by atoms with Gasteiger partial charge in [0.1, 0.15) is 5.75 Å². The number of aromatic hydroxyl groups is 1. The van der Waals surface area contributed by atoms with E-state index >= 15 is 0 Å². The number of anilines is 1. The van der Waals surface area contributed by atoms with Crippen molar-refractivity contribution in [3.8, 4) is 25.9 Å². The highest BCUT2D eigenvalue weighted by molar-refractivity contribution is 7.21. The van der Waals surface area contributed by atoms with Gasteiger partial charge in [0, 0.05) is 38.1 Å². The fourth-order valence-electron chi connectivity index (χ4n) is 4.18. The van der Waals surface area contributed by atoms with Crippen molar-refractivity contribution in [3.63, 3.8) is 0 Å². The number of phenols is 1. The number of nitrogens with one attached hydrogen (secondary N) is 2. The summed E-state index contributed by atoms with van der Waals surface area (Å²) in [4.78, 5) is 5.35. The normalized spacial score (nSPS) is 18.8. The van der Waals surface area contributed by atoms with E-state index in [1.165, 1.54) is 50.2 Å². The van der Waals surface area contributed by atoms with Crippen LogP contribution >= 0.6 is 34.0 Å². The summed E-state index contributed by atoms with van der Waals surface area (Å²) in [6.07, 6.45) is 5.00. The maximum absolute atomic E-state index is 9.52. The van der Waals surface area contributed by atoms with Crippen molar-refractivity contribution in [3.05, 3.63) is 70.9 Å². The van der Waals surface area contributed by atoms with Crippen LogP contribution in [0, 0.1) is 0 Å². The van der Waals surface area contributed by atoms with Crippen LogP contribution in [0.5, 0.6) is 5.75 Å². The standard InChI is InChI=1S/C25H26N2OS3/c28-18-9-7-17(8-10-18)22-13-14-25(31-22)27-21-5-2-1-4-20(21)26-16-19-11-12-24(30-19)23-6-3-15-29-23/h3,6-15,20-21,26-28H,1-2,4-5,16H2/t20-,21-/m1/s1. The van der Waals surface area contributed by atoms with Crippen LogP contribution < -0.4 is 10.6 Å². The molecule has 2 atom stereocenters. The summed E-state index contributed by atoms with van der Waals surface area (Å²) in [5, 5.41) is 20.5. The van der Waals surface area contributed by atoms with Crippen LogP contribution in [-0.2, 0) is 6.54 Å². The number of benzene rings is 1. The Kier molecular flexibility index (Phi) is 6.41. The topological polar surface area (TPSA) is 44.3 Å². The van der Waals surface area contributed by atoms with Crippen molar-refractivity contribution < 1.29 is 5.11 Å². The molecule has 3 nitrogen and oxygen atoms in total. The number of hydrogen-bond donors (Lipinski definition) is 3. The molecule has 160 valence electrons. The third-order valence-electron chi connectivity index (χ3n) is 5.82. The Morgan fingerprint density at radius 1 is 0.806 bits per heavy atom. The Balaban J connectivity index is 1.21. The molecule has 1 saturated carbocycles. The van der Waals surface area contributed by atoms with E-state index < -0.39 is 0 Å². The molecule has 0 unspecified atom stereocenters. The minimum Gasteiger partial charge on any atom is -0.508 e. The Morgan fingerprint density at radius 2 is 1.61 bits per heavy atom. The summed E-state index contributed by atoms with van der Waals surface area (Å²) in [5.74, 6) is 0.308. The van der Waals surface area contributed by atoms with E-state index in [0.717, 1.165) is 12.1 Å². The van der Waals surface area contributed by atoms with Gasteiger partial charge >= 0.3 is 0 Å². The smallest absolute Gasteiger partial charge is 0.115 e. The Morgan fingerprint density at radius 3 is 2.42 bits per heavy atom. The van der Waals surface area contributed by atoms with Crippen LogP contribution in [0.3, 0.4) is 0 Å². The van der Waals surface area contributed by atoms with Crippen LogP contribution in [0.15, 0.2) is 66.0 Å². The van der Waals surface area contributed by atoms with Gasteiger partial charge in [-0.2, -0.15) is 0 Å². The molecule has 0 spiro atoms. The summed E-state index contributed by atoms with van der Waals surface area (Å²) in [5.41, 5.74) is 1.15. The quantitative estimate of drug-likeness (QED) is 0.265. The maximum Gasteiger partial charge on any atom is 0.115 e. The summed E-state index contributed by atoms with van der Waals surface area (Å²) in [6, 6.07) is 21.6. The largest absolute Gasteiger partial charge is 0.508 e. The molecule has 3 N–H and O–H groups in total. The SMILES string of the molecule is Oc1ccc(-c2ccc(N[C@@H]3CCCC[C@H]3NCc3ccc(-c4cccs4)s3)s2)cc1. The van der Waals surface area contributed by atoms with Gasteiger partial charge in [0.2, 0.25) is 0 Å². The molecule has 1 aliphatic carbocycles. The highest BCUT2D eigenvalue weighted by Gasteiger charge is 2.25. The highest BCUT2D eigenvalue weighted by Crippen LogP contribution is 2.34. The molecular formula is C25H26N2OS3. The second-order valence-corrected chi connectivity index (χ2v) is 11.2. The van der Waals surface area contributed by atoms with E-state index in [9.17, 15) is 5.11 Å². The molecule has 31 heavy (non-hydrogen) atoms. The van der Waals surface area contributed by atoms with Gasteiger partial charge in [0.05, 0.1) is 5.00 Å². The first-order valence-electron chi connectivity index (χ1n) is 10.8. The minimum atomic E-state index is 0.308. The molecule has 1 aliphatic rings. The summed E-state index contributed by atoms with van der Waals surface area (Å²) < 4.78 is 0. The second-order valence-electron chi connectivity index (χ2n) is 7.98. The number of rotatable bonds is 7. The van der Waals surface area contributed by atoms with Crippen molar-refractivity contribution in [2.75, 3.05) is 5.32 Å². The van der Waals surface area contributed by atoms with E-state index in [1.807, 2.05) is 23.5 Å². The first kappa shape index (κ1) is 20.8. The van der Waals surface area contributed by atoms with Gasteiger partial charge in [-0.1, -0.05) is 18.9 Å². The molecule has 1 fully saturated rings. The minimum absolute atomic E-state index is 0.308. The lowest BCUT2D eigenvalue weighted by Gasteiger charge is -2.33. The van der Waals surface area contributed by atoms with Crippen LogP contribution in [-0.4, -0.2) is 17.2 Å². The van der Waals surface area contributed by atoms with Gasteiger partial charge in [0.25, 0.3) is 0 Å². The van der Waals surface area contributed by atoms with Gasteiger partial charge in [-0.15, -0.1) is 34.0 Å². The molecule has 0 bridgehead atoms. The Labute approximate surface area is 195 Å². The average Bonchev–Trinajstić information content (AvgIpc) is 3.55. The molecule has 5 rings (SSSR count). The lowest BCUT2D eigenvalue weighted by Crippen LogP contribution is -2.45. The predicted octanol–water partition coefficient (Wildman–Crippen LogP) is 7.42. The van der Waals surface area contributed by atoms with Crippen molar-refractivity contribution in [1.82, 2.24) is 5.32 Å². The molecule has 4 aromatic rings. The average molecular weight is 467 g/mol. The van der Waals surface area contributed by atoms with Crippen molar-refractivity contribution in [2.45, 2.75) is 44.3 Å². The van der Waals surface area contributed by atoms with Gasteiger partial charge < -0.3 is 15.7 Å². The van der Waals surface area contributed by atoms with Crippen LogP contribution in [0.25, 0.3) is 20.2 Å². The molecule has 0 radical (unpaired) electrons. The number of hydrogen-bond acceptors (Lipinski definition) is 6. The van der Waals surface area contributed by atoms with Gasteiger partial charge in [-0.25, -0.2) is 0 Å². The summed E-state index contributed by atoms with van der Waals surface area (Å²) >= 11 is 5.49. The third-order valence-corrected chi connectivity index (χ3v) is 9.03. The molecule has 1 aromatic carbocycles. The zero-order valence-corrected chi connectivity index (χ0v) is 19.7. The van der Waals surface area contributed by atoms with Gasteiger partial charge in [-0.05, 0) is 78.4 Å². The lowest BCUT2D eigenvalue weighted by atomic mass is 9.90. The fourth-order valence-corrected chi connectivity index (χ4v) is 6.95. The third kappa shape index (κ3) is 5.04. The second kappa shape index (κ2) is 9.57. The van der Waals surface area contributed by atoms with Crippen molar-refractivity contribution in [1.29, 1.82) is 0 Å². The first-order valence-corrected chi connectivity index (χ1v) is 13.3. The van der Waals surface area contributed by atoms with Crippen LogP contribution in [0.2, 0.25) is 0 Å². The van der Waals surface area contributed by atoms with Crippen LogP contribution in [0.4, 0.5) is 5.00 Å². The van der Waals surface area contributed by atoms with Crippen molar-refractivity contribution in [2.24, 2.45) is 0 Å². The highest BCUT2D eigenvalue weighted by atomic mass is 32.1. The molecular weight excluding hydrogens is 440 g/mol. The number of phenolic OH excluding ortho intramolecular Hbond substituents is 1. The molecule has 3 heterocycles. The zero-order chi connectivity index (χ0) is 21.0. The van der Waals surface area contributed by atoms with E-state index in [2.05, 4.69) is 52.4 Å². The molecule has 0 saturated heterocycles. The molecule has 3 aromatic heterocycles. The predicted molar refractivity (Wildman–Crippen MR) is 136 cm³/mol. The zero-order valence-electron chi connectivity index (χ0n) is 17.2. The van der Waals surface area contributed by atoms with E-state index in [-0.39, 0.29) is 0 Å². The Bertz CT molecular complexity index is 1100. The van der Waals surface area contributed by atoms with E-state index in [0.29, 0.717) is 17.8 Å². The number of thiophene rings is 3. The maximum atomic E-state index is 9.52. The molecule has 0 amide bonds.